The predicted molar refractivity (Wildman–Crippen MR) is 160 cm³/mol. The summed E-state index contributed by atoms with van der Waals surface area (Å²) in [6.45, 7) is 6.20. The average molecular weight is 527 g/mol. The Morgan fingerprint density at radius 2 is 1.67 bits per heavy atom. The van der Waals surface area contributed by atoms with E-state index in [2.05, 4.69) is 93.3 Å². The standard InChI is InChI=1S/C32H42N6O/c1-2-27(14-8-9-20-35-31(33)34)37-24-38(28-15-4-3-5-16-28)32(30(37)39)18-21-36(22-19-32)23-26-13-10-12-25-11-6-7-17-29(25)26/h3-7,10-13,15-17,27H,2,8-9,14,18-24H2,1H3,(H4,33,34,35). The molecule has 1 spiro atoms. The Bertz CT molecular complexity index is 1270. The van der Waals surface area contributed by atoms with Gasteiger partial charge in [-0.25, -0.2) is 0 Å². The van der Waals surface area contributed by atoms with Crippen molar-refractivity contribution >= 4 is 28.3 Å². The molecule has 3 aromatic carbocycles. The van der Waals surface area contributed by atoms with Crippen molar-refractivity contribution in [2.24, 2.45) is 16.5 Å². The monoisotopic (exact) mass is 526 g/mol. The lowest BCUT2D eigenvalue weighted by Gasteiger charge is -2.43. The highest BCUT2D eigenvalue weighted by Crippen LogP contribution is 2.41. The topological polar surface area (TPSA) is 91.2 Å². The third-order valence-corrected chi connectivity index (χ3v) is 8.65. The molecule has 206 valence electrons. The summed E-state index contributed by atoms with van der Waals surface area (Å²) >= 11 is 0. The van der Waals surface area contributed by atoms with Crippen LogP contribution in [0.1, 0.15) is 51.0 Å². The number of fused-ring (bicyclic) bond motifs is 1. The fourth-order valence-electron chi connectivity index (χ4n) is 6.47. The maximum atomic E-state index is 14.3. The third-order valence-electron chi connectivity index (χ3n) is 8.65. The molecule has 0 aromatic heterocycles. The molecule has 0 aliphatic carbocycles. The number of hydrogen-bond donors (Lipinski definition) is 2. The summed E-state index contributed by atoms with van der Waals surface area (Å²) in [6, 6.07) is 25.9. The SMILES string of the molecule is CCC(CCCCN=C(N)N)N1CN(c2ccccc2)C2(CCN(Cc3cccc4ccccc34)CC2)C1=O. The molecule has 7 heteroatoms. The van der Waals surface area contributed by atoms with Crippen molar-refractivity contribution in [3.05, 3.63) is 78.4 Å². The molecule has 7 nitrogen and oxygen atoms in total. The predicted octanol–water partition coefficient (Wildman–Crippen LogP) is 4.70. The number of unbranched alkanes of at least 4 members (excludes halogenated alkanes) is 1. The number of anilines is 1. The van der Waals surface area contributed by atoms with Gasteiger partial charge in [-0.05, 0) is 67.0 Å². The Balaban J connectivity index is 1.31. The summed E-state index contributed by atoms with van der Waals surface area (Å²) in [5.74, 6) is 0.441. The summed E-state index contributed by atoms with van der Waals surface area (Å²) < 4.78 is 0. The van der Waals surface area contributed by atoms with Gasteiger partial charge in [-0.2, -0.15) is 0 Å². The van der Waals surface area contributed by atoms with E-state index in [4.69, 9.17) is 11.5 Å². The van der Waals surface area contributed by atoms with Crippen molar-refractivity contribution in [1.82, 2.24) is 9.80 Å². The van der Waals surface area contributed by atoms with E-state index in [0.29, 0.717) is 19.1 Å². The van der Waals surface area contributed by atoms with Crippen molar-refractivity contribution in [1.29, 1.82) is 0 Å². The molecule has 2 aliphatic heterocycles. The minimum absolute atomic E-state index is 0.143. The van der Waals surface area contributed by atoms with Crippen LogP contribution in [0.3, 0.4) is 0 Å². The summed E-state index contributed by atoms with van der Waals surface area (Å²) in [7, 11) is 0. The van der Waals surface area contributed by atoms with Crippen LogP contribution in [-0.2, 0) is 11.3 Å². The molecule has 3 aromatic rings. The second-order valence-corrected chi connectivity index (χ2v) is 11.0. The van der Waals surface area contributed by atoms with Gasteiger partial charge >= 0.3 is 0 Å². The minimum atomic E-state index is -0.484. The second kappa shape index (κ2) is 12.1. The molecule has 1 unspecified atom stereocenters. The van der Waals surface area contributed by atoms with E-state index in [-0.39, 0.29) is 12.0 Å². The Labute approximate surface area is 232 Å². The lowest BCUT2D eigenvalue weighted by atomic mass is 9.85. The van der Waals surface area contributed by atoms with Crippen molar-refractivity contribution in [3.8, 4) is 0 Å². The normalized spacial score (nSPS) is 18.1. The quantitative estimate of drug-likeness (QED) is 0.227. The van der Waals surface area contributed by atoms with Gasteiger partial charge in [0.25, 0.3) is 0 Å². The van der Waals surface area contributed by atoms with Crippen LogP contribution in [0.4, 0.5) is 5.69 Å². The van der Waals surface area contributed by atoms with Crippen LogP contribution in [0, 0.1) is 0 Å². The van der Waals surface area contributed by atoms with Gasteiger partial charge in [-0.3, -0.25) is 14.7 Å². The second-order valence-electron chi connectivity index (χ2n) is 11.0. The fourth-order valence-corrected chi connectivity index (χ4v) is 6.47. The van der Waals surface area contributed by atoms with E-state index in [1.807, 2.05) is 6.07 Å². The van der Waals surface area contributed by atoms with E-state index in [1.165, 1.54) is 16.3 Å². The largest absolute Gasteiger partial charge is 0.370 e. The number of piperidine rings is 1. The van der Waals surface area contributed by atoms with Crippen LogP contribution in [0.25, 0.3) is 10.8 Å². The van der Waals surface area contributed by atoms with Crippen LogP contribution in [0.15, 0.2) is 77.8 Å². The molecule has 2 fully saturated rings. The number of benzene rings is 3. The number of rotatable bonds is 10. The van der Waals surface area contributed by atoms with Crippen LogP contribution in [0.5, 0.6) is 0 Å². The maximum Gasteiger partial charge on any atom is 0.250 e. The van der Waals surface area contributed by atoms with Gasteiger partial charge in [0.2, 0.25) is 5.91 Å². The van der Waals surface area contributed by atoms with E-state index in [9.17, 15) is 4.79 Å². The first-order valence-electron chi connectivity index (χ1n) is 14.4. The van der Waals surface area contributed by atoms with E-state index < -0.39 is 5.54 Å². The number of likely N-dealkylation sites (tertiary alicyclic amines) is 1. The highest BCUT2D eigenvalue weighted by atomic mass is 16.2. The number of carbonyl (C=O) groups excluding carboxylic acids is 1. The summed E-state index contributed by atoms with van der Waals surface area (Å²) in [6.07, 6.45) is 5.50. The van der Waals surface area contributed by atoms with Gasteiger partial charge in [0.15, 0.2) is 5.96 Å². The van der Waals surface area contributed by atoms with Gasteiger partial charge in [-0.1, -0.05) is 67.6 Å². The van der Waals surface area contributed by atoms with Crippen LogP contribution in [-0.4, -0.2) is 59.6 Å². The van der Waals surface area contributed by atoms with Gasteiger partial charge in [0, 0.05) is 37.9 Å². The van der Waals surface area contributed by atoms with Gasteiger partial charge in [-0.15, -0.1) is 0 Å². The number of carbonyl (C=O) groups is 1. The first kappa shape index (κ1) is 27.0. The molecule has 1 amide bonds. The van der Waals surface area contributed by atoms with E-state index in [1.54, 1.807) is 0 Å². The minimum Gasteiger partial charge on any atom is -0.370 e. The lowest BCUT2D eigenvalue weighted by molar-refractivity contribution is -0.135. The fraction of sp³-hybridized carbons (Fsp3) is 0.438. The first-order valence-corrected chi connectivity index (χ1v) is 14.4. The van der Waals surface area contributed by atoms with Gasteiger partial charge in [0.1, 0.15) is 5.54 Å². The van der Waals surface area contributed by atoms with Crippen molar-refractivity contribution in [3.63, 3.8) is 0 Å². The van der Waals surface area contributed by atoms with Crippen LogP contribution >= 0.6 is 0 Å². The average Bonchev–Trinajstić information content (AvgIpc) is 3.23. The molecule has 39 heavy (non-hydrogen) atoms. The first-order chi connectivity index (χ1) is 19.0. The molecule has 0 radical (unpaired) electrons. The summed E-state index contributed by atoms with van der Waals surface area (Å²) in [5.41, 5.74) is 13.0. The Hall–Kier alpha value is -3.58. The molecule has 1 atom stereocenters. The molecule has 4 N–H and O–H groups in total. The number of para-hydroxylation sites is 1. The smallest absolute Gasteiger partial charge is 0.250 e. The molecule has 0 bridgehead atoms. The Morgan fingerprint density at radius 3 is 2.41 bits per heavy atom. The Morgan fingerprint density at radius 1 is 0.949 bits per heavy atom. The lowest BCUT2D eigenvalue weighted by Crippen LogP contribution is -2.56. The van der Waals surface area contributed by atoms with Crippen molar-refractivity contribution in [2.75, 3.05) is 31.2 Å². The molecule has 2 heterocycles. The number of guanidine groups is 1. The Kier molecular flexibility index (Phi) is 8.36. The number of nitrogens with zero attached hydrogens (tertiary/aromatic N) is 4. The van der Waals surface area contributed by atoms with Crippen molar-refractivity contribution < 1.29 is 4.79 Å². The van der Waals surface area contributed by atoms with Crippen LogP contribution in [0.2, 0.25) is 0 Å². The zero-order valence-electron chi connectivity index (χ0n) is 23.1. The molecule has 2 saturated heterocycles. The number of aliphatic imine (C=N–C) groups is 1. The molecule has 2 aliphatic rings. The van der Waals surface area contributed by atoms with Crippen molar-refractivity contribution in [2.45, 2.75) is 63.6 Å². The van der Waals surface area contributed by atoms with Gasteiger partial charge in [0.05, 0.1) is 6.67 Å². The zero-order valence-corrected chi connectivity index (χ0v) is 23.1. The zero-order chi connectivity index (χ0) is 27.2. The highest BCUT2D eigenvalue weighted by molar-refractivity contribution is 5.94. The maximum absolute atomic E-state index is 14.3. The summed E-state index contributed by atoms with van der Waals surface area (Å²) in [4.78, 5) is 25.5. The number of hydrogen-bond acceptors (Lipinski definition) is 4. The molecule has 5 rings (SSSR count). The van der Waals surface area contributed by atoms with Gasteiger partial charge < -0.3 is 21.3 Å². The van der Waals surface area contributed by atoms with Crippen LogP contribution < -0.4 is 16.4 Å². The summed E-state index contributed by atoms with van der Waals surface area (Å²) in [5, 5.41) is 2.60. The van der Waals surface area contributed by atoms with E-state index >= 15 is 0 Å². The number of amides is 1. The molecular weight excluding hydrogens is 484 g/mol. The third kappa shape index (κ3) is 5.74. The molecular formula is C32H42N6O. The molecule has 0 saturated carbocycles. The number of nitrogens with two attached hydrogens (primary N) is 2. The van der Waals surface area contributed by atoms with E-state index in [0.717, 1.165) is 63.8 Å². The highest BCUT2D eigenvalue weighted by Gasteiger charge is 2.54.